The Kier molecular flexibility index (Phi) is 4.31. The van der Waals surface area contributed by atoms with Gasteiger partial charge < -0.3 is 10.4 Å². The van der Waals surface area contributed by atoms with E-state index >= 15 is 0 Å². The molecule has 104 valence electrons. The van der Waals surface area contributed by atoms with Crippen LogP contribution in [0.25, 0.3) is 0 Å². The van der Waals surface area contributed by atoms with E-state index in [0.29, 0.717) is 5.56 Å². The van der Waals surface area contributed by atoms with E-state index in [1.54, 1.807) is 19.2 Å². The summed E-state index contributed by atoms with van der Waals surface area (Å²) in [5.41, 5.74) is 0.574. The Hall–Kier alpha value is -1.69. The van der Waals surface area contributed by atoms with Crippen LogP contribution in [-0.2, 0) is 0 Å². The summed E-state index contributed by atoms with van der Waals surface area (Å²) >= 11 is 0. The highest BCUT2D eigenvalue weighted by Crippen LogP contribution is 2.28. The highest BCUT2D eigenvalue weighted by atomic mass is 16.6. The minimum absolute atomic E-state index is 0.000975. The molecule has 0 aromatic carbocycles. The van der Waals surface area contributed by atoms with E-state index in [1.807, 2.05) is 0 Å². The molecule has 1 saturated carbocycles. The Morgan fingerprint density at radius 1 is 1.42 bits per heavy atom. The first-order valence-corrected chi connectivity index (χ1v) is 6.64. The van der Waals surface area contributed by atoms with Crippen molar-refractivity contribution >= 4 is 11.5 Å². The first-order chi connectivity index (χ1) is 9.09. The number of nitrogens with zero attached hydrogens (tertiary/aromatic N) is 2. The van der Waals surface area contributed by atoms with Crippen molar-refractivity contribution in [1.82, 2.24) is 4.98 Å². The molecule has 1 aromatic rings. The third-order valence-corrected chi connectivity index (χ3v) is 3.61. The van der Waals surface area contributed by atoms with Crippen LogP contribution < -0.4 is 5.32 Å². The third kappa shape index (κ3) is 3.20. The lowest BCUT2D eigenvalue weighted by molar-refractivity contribution is -0.384. The van der Waals surface area contributed by atoms with Crippen molar-refractivity contribution in [3.05, 3.63) is 27.9 Å². The van der Waals surface area contributed by atoms with E-state index in [0.717, 1.165) is 32.1 Å². The zero-order valence-electron chi connectivity index (χ0n) is 11.0. The Balaban J connectivity index is 2.22. The molecule has 0 aliphatic heterocycles. The Labute approximate surface area is 112 Å². The Bertz CT molecular complexity index is 464. The predicted molar refractivity (Wildman–Crippen MR) is 72.1 cm³/mol. The van der Waals surface area contributed by atoms with Gasteiger partial charge in [-0.05, 0) is 25.8 Å². The highest BCUT2D eigenvalue weighted by Gasteiger charge is 2.26. The maximum absolute atomic E-state index is 11.1. The molecule has 2 unspecified atom stereocenters. The van der Waals surface area contributed by atoms with Crippen molar-refractivity contribution in [2.24, 2.45) is 0 Å². The van der Waals surface area contributed by atoms with E-state index in [9.17, 15) is 15.2 Å². The molecule has 6 nitrogen and oxygen atoms in total. The summed E-state index contributed by atoms with van der Waals surface area (Å²) in [5.74, 6) is 0.260. The number of nitro groups is 1. The quantitative estimate of drug-likeness (QED) is 0.497. The molecule has 0 spiro atoms. The molecule has 1 aliphatic rings. The van der Waals surface area contributed by atoms with Gasteiger partial charge in [0.1, 0.15) is 0 Å². The van der Waals surface area contributed by atoms with Crippen molar-refractivity contribution in [3.8, 4) is 0 Å². The average Bonchev–Trinajstić information content (AvgIpc) is 2.54. The minimum atomic E-state index is -0.468. The largest absolute Gasteiger partial charge is 0.391 e. The second-order valence-corrected chi connectivity index (χ2v) is 5.04. The summed E-state index contributed by atoms with van der Waals surface area (Å²) in [6.07, 6.45) is 5.75. The lowest BCUT2D eigenvalue weighted by Crippen LogP contribution is -2.33. The third-order valence-electron chi connectivity index (χ3n) is 3.61. The van der Waals surface area contributed by atoms with Crippen molar-refractivity contribution in [2.75, 3.05) is 5.32 Å². The number of aliphatic hydroxyl groups is 1. The number of aliphatic hydroxyl groups excluding tert-OH is 1. The second-order valence-electron chi connectivity index (χ2n) is 5.04. The van der Waals surface area contributed by atoms with E-state index < -0.39 is 11.0 Å². The van der Waals surface area contributed by atoms with Gasteiger partial charge in [-0.3, -0.25) is 10.1 Å². The van der Waals surface area contributed by atoms with Crippen LogP contribution in [0, 0.1) is 17.0 Å². The van der Waals surface area contributed by atoms with Crippen molar-refractivity contribution in [2.45, 2.75) is 51.2 Å². The average molecular weight is 265 g/mol. The first kappa shape index (κ1) is 13.7. The molecule has 1 heterocycles. The molecular formula is C13H19N3O3. The van der Waals surface area contributed by atoms with Crippen LogP contribution in [0.2, 0.25) is 0 Å². The summed E-state index contributed by atoms with van der Waals surface area (Å²) < 4.78 is 0. The van der Waals surface area contributed by atoms with Crippen LogP contribution >= 0.6 is 0 Å². The van der Waals surface area contributed by atoms with Gasteiger partial charge in [-0.15, -0.1) is 0 Å². The van der Waals surface area contributed by atoms with Crippen molar-refractivity contribution in [3.63, 3.8) is 0 Å². The van der Waals surface area contributed by atoms with Gasteiger partial charge in [-0.1, -0.05) is 19.3 Å². The van der Waals surface area contributed by atoms with Crippen molar-refractivity contribution < 1.29 is 10.0 Å². The second kappa shape index (κ2) is 5.97. The van der Waals surface area contributed by atoms with E-state index in [-0.39, 0.29) is 17.5 Å². The summed E-state index contributed by atoms with van der Waals surface area (Å²) in [6.45, 7) is 1.69. The maximum Gasteiger partial charge on any atom is 0.314 e. The molecule has 0 bridgehead atoms. The first-order valence-electron chi connectivity index (χ1n) is 6.64. The lowest BCUT2D eigenvalue weighted by atomic mass is 10.1. The summed E-state index contributed by atoms with van der Waals surface area (Å²) in [6, 6.07) is 1.46. The molecule has 2 rings (SSSR count). The van der Waals surface area contributed by atoms with Gasteiger partial charge in [-0.2, -0.15) is 0 Å². The summed E-state index contributed by atoms with van der Waals surface area (Å²) in [5, 5.41) is 24.2. The van der Waals surface area contributed by atoms with Gasteiger partial charge in [0.05, 0.1) is 17.1 Å². The summed E-state index contributed by atoms with van der Waals surface area (Å²) in [7, 11) is 0. The number of rotatable bonds is 3. The van der Waals surface area contributed by atoms with Crippen LogP contribution in [0.5, 0.6) is 0 Å². The molecule has 19 heavy (non-hydrogen) atoms. The van der Waals surface area contributed by atoms with Crippen LogP contribution in [0.3, 0.4) is 0 Å². The fourth-order valence-corrected chi connectivity index (χ4v) is 2.52. The molecule has 2 N–H and O–H groups in total. The predicted octanol–water partition coefficient (Wildman–Crippen LogP) is 2.40. The van der Waals surface area contributed by atoms with Crippen LogP contribution in [0.1, 0.15) is 37.7 Å². The number of hydrogen-bond donors (Lipinski definition) is 2. The normalized spacial score (nSPS) is 23.7. The number of hydrogen-bond acceptors (Lipinski definition) is 5. The van der Waals surface area contributed by atoms with Gasteiger partial charge in [0.25, 0.3) is 0 Å². The van der Waals surface area contributed by atoms with Gasteiger partial charge in [0.2, 0.25) is 5.82 Å². The molecule has 1 aliphatic carbocycles. The number of aromatic nitrogens is 1. The fraction of sp³-hybridized carbons (Fsp3) is 0.615. The van der Waals surface area contributed by atoms with Gasteiger partial charge in [-0.25, -0.2) is 4.98 Å². The summed E-state index contributed by atoms with van der Waals surface area (Å²) in [4.78, 5) is 14.7. The lowest BCUT2D eigenvalue weighted by Gasteiger charge is -2.22. The zero-order chi connectivity index (χ0) is 13.8. The van der Waals surface area contributed by atoms with Crippen LogP contribution in [-0.4, -0.2) is 27.2 Å². The number of aryl methyl sites for hydroxylation is 1. The van der Waals surface area contributed by atoms with Crippen LogP contribution in [0.15, 0.2) is 12.3 Å². The molecule has 0 saturated heterocycles. The molecule has 0 radical (unpaired) electrons. The van der Waals surface area contributed by atoms with E-state index in [2.05, 4.69) is 10.3 Å². The number of anilines is 1. The molecule has 0 amide bonds. The van der Waals surface area contributed by atoms with E-state index in [1.165, 1.54) is 0 Å². The van der Waals surface area contributed by atoms with Crippen LogP contribution in [0.4, 0.5) is 11.5 Å². The molecule has 1 fully saturated rings. The standard InChI is InChI=1S/C13H19N3O3/c1-9-7-8-14-13(12(9)16(18)19)15-10-5-3-2-4-6-11(10)17/h7-8,10-11,17H,2-6H2,1H3,(H,14,15). The number of pyridine rings is 1. The number of nitrogens with one attached hydrogen (secondary N) is 1. The molecular weight excluding hydrogens is 246 g/mol. The van der Waals surface area contributed by atoms with E-state index in [4.69, 9.17) is 0 Å². The van der Waals surface area contributed by atoms with Crippen molar-refractivity contribution in [1.29, 1.82) is 0 Å². The Morgan fingerprint density at radius 3 is 2.89 bits per heavy atom. The Morgan fingerprint density at radius 2 is 2.16 bits per heavy atom. The fourth-order valence-electron chi connectivity index (χ4n) is 2.52. The molecule has 1 aromatic heterocycles. The molecule has 6 heteroatoms. The monoisotopic (exact) mass is 265 g/mol. The van der Waals surface area contributed by atoms with Gasteiger partial charge in [0.15, 0.2) is 0 Å². The van der Waals surface area contributed by atoms with Gasteiger partial charge >= 0.3 is 5.69 Å². The smallest absolute Gasteiger partial charge is 0.314 e. The topological polar surface area (TPSA) is 88.3 Å². The zero-order valence-corrected chi connectivity index (χ0v) is 11.0. The van der Waals surface area contributed by atoms with Gasteiger partial charge in [0, 0.05) is 11.8 Å². The highest BCUT2D eigenvalue weighted by molar-refractivity contribution is 5.60. The maximum atomic E-state index is 11.1. The molecule has 2 atom stereocenters. The minimum Gasteiger partial charge on any atom is -0.391 e. The SMILES string of the molecule is Cc1ccnc(NC2CCCCCC2O)c1[N+](=O)[O-].